The van der Waals surface area contributed by atoms with Gasteiger partial charge < -0.3 is 4.57 Å². The summed E-state index contributed by atoms with van der Waals surface area (Å²) in [6, 6.07) is 2.33. The van der Waals surface area contributed by atoms with Crippen LogP contribution in [0, 0.1) is 6.92 Å². The summed E-state index contributed by atoms with van der Waals surface area (Å²) in [6.07, 6.45) is 0.242. The van der Waals surface area contributed by atoms with Crippen LogP contribution in [0.4, 0.5) is 13.2 Å². The number of nitrogens with zero attached hydrogens (tertiary/aromatic N) is 2. The lowest BCUT2D eigenvalue weighted by Gasteiger charge is -2.13. The van der Waals surface area contributed by atoms with E-state index >= 15 is 0 Å². The molecule has 0 atom stereocenters. The quantitative estimate of drug-likeness (QED) is 0.761. The van der Waals surface area contributed by atoms with Crippen LogP contribution >= 0.6 is 11.6 Å². The largest absolute Gasteiger partial charge is 0.416 e. The highest BCUT2D eigenvalue weighted by atomic mass is 35.5. The molecule has 0 N–H and O–H groups in total. The number of imidazole rings is 1. The smallest absolute Gasteiger partial charge is 0.305 e. The van der Waals surface area contributed by atoms with Gasteiger partial charge >= 0.3 is 6.18 Å². The molecular formula is C11H8ClF3N2. The Balaban J connectivity index is 2.57. The summed E-state index contributed by atoms with van der Waals surface area (Å²) in [6.45, 7) is 1.40. The summed E-state index contributed by atoms with van der Waals surface area (Å²) in [7, 11) is 0. The first kappa shape index (κ1) is 12.0. The van der Waals surface area contributed by atoms with Crippen LogP contribution < -0.4 is 0 Å². The van der Waals surface area contributed by atoms with Crippen molar-refractivity contribution >= 4 is 11.6 Å². The Hall–Kier alpha value is -1.49. The van der Waals surface area contributed by atoms with Crippen LogP contribution in [0.5, 0.6) is 0 Å². The average molecular weight is 261 g/mol. The van der Waals surface area contributed by atoms with Crippen LogP contribution in [0.1, 0.15) is 11.1 Å². The number of aryl methyl sites for hydroxylation is 1. The number of rotatable bonds is 1. The first-order valence-corrected chi connectivity index (χ1v) is 5.13. The number of halogens is 4. The maximum absolute atomic E-state index is 12.6. The van der Waals surface area contributed by atoms with Gasteiger partial charge in [-0.25, -0.2) is 4.98 Å². The van der Waals surface area contributed by atoms with Crippen molar-refractivity contribution in [1.82, 2.24) is 9.55 Å². The van der Waals surface area contributed by atoms with E-state index in [9.17, 15) is 13.2 Å². The number of hydrogen-bond donors (Lipinski definition) is 0. The van der Waals surface area contributed by atoms with Crippen LogP contribution in [-0.2, 0) is 6.18 Å². The van der Waals surface area contributed by atoms with Crippen molar-refractivity contribution < 1.29 is 13.2 Å². The average Bonchev–Trinajstić information content (AvgIpc) is 2.72. The zero-order valence-electron chi connectivity index (χ0n) is 8.79. The fourth-order valence-electron chi connectivity index (χ4n) is 1.57. The summed E-state index contributed by atoms with van der Waals surface area (Å²) >= 11 is 5.85. The molecule has 6 heteroatoms. The molecule has 0 aliphatic rings. The SMILES string of the molecule is Cc1cc(-n2ccnc2)c(Cl)cc1C(F)(F)F. The van der Waals surface area contributed by atoms with Gasteiger partial charge in [-0.05, 0) is 24.6 Å². The highest BCUT2D eigenvalue weighted by molar-refractivity contribution is 6.32. The number of benzene rings is 1. The molecule has 0 spiro atoms. The molecule has 90 valence electrons. The maximum Gasteiger partial charge on any atom is 0.416 e. The van der Waals surface area contributed by atoms with Crippen LogP contribution in [0.3, 0.4) is 0 Å². The Bertz CT molecular complexity index is 532. The van der Waals surface area contributed by atoms with Crippen LogP contribution in [0.2, 0.25) is 5.02 Å². The molecule has 0 fully saturated rings. The van der Waals surface area contributed by atoms with Gasteiger partial charge in [0.05, 0.1) is 22.6 Å². The fourth-order valence-corrected chi connectivity index (χ4v) is 1.83. The number of aromatic nitrogens is 2. The Kier molecular flexibility index (Phi) is 2.87. The van der Waals surface area contributed by atoms with Gasteiger partial charge in [0.25, 0.3) is 0 Å². The third kappa shape index (κ3) is 2.29. The van der Waals surface area contributed by atoms with Crippen molar-refractivity contribution in [3.63, 3.8) is 0 Å². The summed E-state index contributed by atoms with van der Waals surface area (Å²) in [5.41, 5.74) is -0.105. The van der Waals surface area contributed by atoms with E-state index in [-0.39, 0.29) is 10.6 Å². The maximum atomic E-state index is 12.6. The monoisotopic (exact) mass is 260 g/mol. The topological polar surface area (TPSA) is 17.8 Å². The Morgan fingerprint density at radius 3 is 2.53 bits per heavy atom. The second-order valence-electron chi connectivity index (χ2n) is 3.59. The Morgan fingerprint density at radius 1 is 1.29 bits per heavy atom. The molecule has 1 aromatic heterocycles. The molecule has 2 rings (SSSR count). The van der Waals surface area contributed by atoms with E-state index in [1.165, 1.54) is 25.5 Å². The summed E-state index contributed by atoms with van der Waals surface area (Å²) in [5.74, 6) is 0. The van der Waals surface area contributed by atoms with Crippen LogP contribution in [0.15, 0.2) is 30.9 Å². The van der Waals surface area contributed by atoms with E-state index in [2.05, 4.69) is 4.98 Å². The van der Waals surface area contributed by atoms with Crippen molar-refractivity contribution in [1.29, 1.82) is 0 Å². The highest BCUT2D eigenvalue weighted by Gasteiger charge is 2.33. The standard InChI is InChI=1S/C11H8ClF3N2/c1-7-4-10(17-3-2-16-6-17)9(12)5-8(7)11(13,14)15/h2-6H,1H3. The van der Waals surface area contributed by atoms with Crippen molar-refractivity contribution in [2.24, 2.45) is 0 Å². The van der Waals surface area contributed by atoms with E-state index in [1.54, 1.807) is 10.8 Å². The molecule has 0 saturated carbocycles. The van der Waals surface area contributed by atoms with E-state index in [1.807, 2.05) is 0 Å². The molecule has 1 aromatic carbocycles. The zero-order valence-corrected chi connectivity index (χ0v) is 9.55. The second-order valence-corrected chi connectivity index (χ2v) is 3.99. The van der Waals surface area contributed by atoms with Gasteiger partial charge in [0.15, 0.2) is 0 Å². The highest BCUT2D eigenvalue weighted by Crippen LogP contribution is 2.35. The van der Waals surface area contributed by atoms with Crippen LogP contribution in [0.25, 0.3) is 5.69 Å². The Morgan fingerprint density at radius 2 is 2.00 bits per heavy atom. The van der Waals surface area contributed by atoms with Crippen molar-refractivity contribution in [2.75, 3.05) is 0 Å². The third-order valence-corrected chi connectivity index (χ3v) is 2.68. The number of alkyl halides is 3. The van der Waals surface area contributed by atoms with Crippen LogP contribution in [-0.4, -0.2) is 9.55 Å². The molecule has 0 amide bonds. The predicted molar refractivity (Wildman–Crippen MR) is 58.3 cm³/mol. The first-order chi connectivity index (χ1) is 7.89. The molecule has 2 aromatic rings. The minimum atomic E-state index is -4.39. The molecule has 0 aliphatic carbocycles. The number of hydrogen-bond acceptors (Lipinski definition) is 1. The van der Waals surface area contributed by atoms with E-state index in [4.69, 9.17) is 11.6 Å². The Labute approximate surface area is 101 Å². The summed E-state index contributed by atoms with van der Waals surface area (Å²) in [4.78, 5) is 3.82. The summed E-state index contributed by atoms with van der Waals surface area (Å²) in [5, 5.41) is 0.0425. The molecule has 0 radical (unpaired) electrons. The molecule has 1 heterocycles. The molecule has 0 bridgehead atoms. The lowest BCUT2D eigenvalue weighted by Crippen LogP contribution is -2.08. The van der Waals surface area contributed by atoms with Crippen molar-refractivity contribution in [3.8, 4) is 5.69 Å². The second kappa shape index (κ2) is 4.07. The van der Waals surface area contributed by atoms with Gasteiger partial charge in [0.2, 0.25) is 0 Å². The first-order valence-electron chi connectivity index (χ1n) is 4.75. The van der Waals surface area contributed by atoms with Gasteiger partial charge in [-0.3, -0.25) is 0 Å². The van der Waals surface area contributed by atoms with Gasteiger partial charge in [0, 0.05) is 12.4 Å². The minimum Gasteiger partial charge on any atom is -0.305 e. The molecule has 2 nitrogen and oxygen atoms in total. The minimum absolute atomic E-state index is 0.0425. The van der Waals surface area contributed by atoms with Gasteiger partial charge in [0.1, 0.15) is 0 Å². The van der Waals surface area contributed by atoms with Crippen molar-refractivity contribution in [3.05, 3.63) is 47.0 Å². The molecular weight excluding hydrogens is 253 g/mol. The van der Waals surface area contributed by atoms with Gasteiger partial charge in [-0.1, -0.05) is 11.6 Å². The molecule has 17 heavy (non-hydrogen) atoms. The zero-order chi connectivity index (χ0) is 12.6. The van der Waals surface area contributed by atoms with E-state index < -0.39 is 11.7 Å². The molecule has 0 unspecified atom stereocenters. The predicted octanol–water partition coefficient (Wildman–Crippen LogP) is 3.85. The lowest BCUT2D eigenvalue weighted by atomic mass is 10.1. The molecule has 0 saturated heterocycles. The molecule has 0 aliphatic heterocycles. The van der Waals surface area contributed by atoms with E-state index in [0.717, 1.165) is 6.07 Å². The van der Waals surface area contributed by atoms with Gasteiger partial charge in [-0.2, -0.15) is 13.2 Å². The van der Waals surface area contributed by atoms with E-state index in [0.29, 0.717) is 5.69 Å². The lowest BCUT2D eigenvalue weighted by molar-refractivity contribution is -0.138. The van der Waals surface area contributed by atoms with Crippen molar-refractivity contribution in [2.45, 2.75) is 13.1 Å². The van der Waals surface area contributed by atoms with Gasteiger partial charge in [-0.15, -0.1) is 0 Å². The normalized spacial score (nSPS) is 11.8. The summed E-state index contributed by atoms with van der Waals surface area (Å²) < 4.78 is 39.4. The third-order valence-electron chi connectivity index (χ3n) is 2.38. The fraction of sp³-hybridized carbons (Fsp3) is 0.182.